The number of hydrogen-bond acceptors (Lipinski definition) is 34. The Morgan fingerprint density at radius 3 is 1.19 bits per heavy atom. The maximum absolute atomic E-state index is 15.2. The lowest BCUT2D eigenvalue weighted by Gasteiger charge is -2.51. The second-order valence-electron chi connectivity index (χ2n) is 28.7. The molecule has 0 spiro atoms. The van der Waals surface area contributed by atoms with Gasteiger partial charge < -0.3 is 109 Å². The zero-order chi connectivity index (χ0) is 85.5. The number of nitrogens with zero attached hydrogens (tertiary/aromatic N) is 7. The standard InChI is InChI=1S/C80H120N8O30/c1-13-20-37-98-58-52(44-105-47(8)89)110-77(55(84-81)61(58)99-38-21-14-2)115-66-64(101-40-23-16-4)70(103-42-25-18-6)79(118-69(66)75(95)104-43-26-19-7)114-60-53(45-106-48(9)90)111-78(57(86-88-83)63(60)108-49(10)91)116-67-65(102-41-24-17-5)71(112-73(93)51-35-31-28-32-36-51)80(117-68(67)74(94)96-11)113-59-54(46-107-72(92)50-33-29-27-30-34-50)109-76(97-12)56(85-87-82)62(59)100-39-22-15-3/h27-36,52-71,76-81H,13-26,37-46H2,1-12H3/t52?,53?,54?,55?,56?,57?,58-,59-,60-,61-,62-,63-,64?,65?,66+,67+,68?,69?,70+,71?,76+,77-,78-,79-,80-/m1/s1. The summed E-state index contributed by atoms with van der Waals surface area (Å²) in [5.41, 5.74) is 29.9. The van der Waals surface area contributed by atoms with Gasteiger partial charge in [-0.25, -0.2) is 24.7 Å². The molecule has 25 atom stereocenters. The van der Waals surface area contributed by atoms with E-state index in [4.69, 9.17) is 114 Å². The van der Waals surface area contributed by atoms with Crippen LogP contribution < -0.4 is 0 Å². The highest BCUT2D eigenvalue weighted by Crippen LogP contribution is 2.42. The maximum Gasteiger partial charge on any atom is 0.338 e. The van der Waals surface area contributed by atoms with Crippen LogP contribution in [0.3, 0.4) is 0 Å². The molecule has 11 unspecified atom stereocenters. The first-order valence-electron chi connectivity index (χ1n) is 41.0. The van der Waals surface area contributed by atoms with Gasteiger partial charge in [-0.2, -0.15) is 5.11 Å². The summed E-state index contributed by atoms with van der Waals surface area (Å²) in [4.78, 5) is 105. The molecular weight excluding hydrogens is 1550 g/mol. The molecule has 5 heterocycles. The number of benzene rings is 2. The topological polar surface area (TPSA) is 466 Å². The fraction of sp³-hybridized carbons (Fsp3) is 0.762. The van der Waals surface area contributed by atoms with Gasteiger partial charge in [-0.05, 0) is 80.3 Å². The fourth-order valence-corrected chi connectivity index (χ4v) is 13.7. The second-order valence-corrected chi connectivity index (χ2v) is 28.7. The average Bonchev–Trinajstić information content (AvgIpc) is 0.759. The van der Waals surface area contributed by atoms with Crippen molar-refractivity contribution in [3.8, 4) is 0 Å². The van der Waals surface area contributed by atoms with E-state index in [9.17, 15) is 39.8 Å². The number of azide groups is 2. The molecule has 0 aromatic heterocycles. The zero-order valence-corrected chi connectivity index (χ0v) is 69.6. The van der Waals surface area contributed by atoms with Crippen LogP contribution in [0.2, 0.25) is 0 Å². The molecule has 5 saturated heterocycles. The molecule has 0 bridgehead atoms. The van der Waals surface area contributed by atoms with Gasteiger partial charge in [0.05, 0.1) is 30.9 Å². The van der Waals surface area contributed by atoms with Crippen molar-refractivity contribution in [1.82, 2.24) is 0 Å². The van der Waals surface area contributed by atoms with Crippen molar-refractivity contribution in [3.63, 3.8) is 0 Å². The van der Waals surface area contributed by atoms with E-state index in [2.05, 4.69) is 25.2 Å². The summed E-state index contributed by atoms with van der Waals surface area (Å²) in [5.74, 6) is -6.46. The van der Waals surface area contributed by atoms with Crippen molar-refractivity contribution in [2.24, 2.45) is 15.3 Å². The number of nitrogens with one attached hydrogen (secondary N) is 1. The minimum absolute atomic E-state index is 0.000111. The average molecular weight is 1670 g/mol. The number of unbranched alkanes of at least 4 members (excludes halogenated alkanes) is 7. The number of esters is 7. The normalized spacial score (nSPS) is 30.7. The summed E-state index contributed by atoms with van der Waals surface area (Å²) in [7, 11) is 2.33. The third-order valence-corrected chi connectivity index (χ3v) is 19.9. The highest BCUT2D eigenvalue weighted by atomic mass is 16.8. The van der Waals surface area contributed by atoms with E-state index in [0.29, 0.717) is 77.0 Å². The molecule has 0 radical (unpaired) electrons. The molecule has 5 aliphatic heterocycles. The monoisotopic (exact) mass is 1670 g/mol. The van der Waals surface area contributed by atoms with Crippen molar-refractivity contribution in [2.75, 3.05) is 80.3 Å². The Morgan fingerprint density at radius 2 is 0.746 bits per heavy atom. The van der Waals surface area contributed by atoms with Crippen LogP contribution in [-0.2, 0) is 133 Å². The van der Waals surface area contributed by atoms with E-state index < -0.39 is 208 Å². The van der Waals surface area contributed by atoms with Crippen molar-refractivity contribution in [3.05, 3.63) is 92.7 Å². The Kier molecular flexibility index (Phi) is 43.3. The van der Waals surface area contributed by atoms with Gasteiger partial charge in [0, 0.05) is 77.3 Å². The zero-order valence-electron chi connectivity index (χ0n) is 69.6. The highest BCUT2D eigenvalue weighted by molar-refractivity contribution is 5.90. The second kappa shape index (κ2) is 52.5. The van der Waals surface area contributed by atoms with Crippen LogP contribution in [0, 0.1) is 5.53 Å². The van der Waals surface area contributed by atoms with Gasteiger partial charge in [0.25, 0.3) is 0 Å². The molecular formula is C80H120N8O30. The Bertz CT molecular complexity index is 3460. The van der Waals surface area contributed by atoms with Crippen molar-refractivity contribution in [1.29, 1.82) is 5.53 Å². The summed E-state index contributed by atoms with van der Waals surface area (Å²) in [6.07, 6.45) is -28.2. The van der Waals surface area contributed by atoms with Crippen LogP contribution in [0.5, 0.6) is 0 Å². The fourth-order valence-electron chi connectivity index (χ4n) is 13.7. The van der Waals surface area contributed by atoms with Crippen molar-refractivity contribution in [2.45, 2.75) is 312 Å². The molecule has 1 N–H and O–H groups in total. The van der Waals surface area contributed by atoms with Gasteiger partial charge in [-0.3, -0.25) is 14.4 Å². The number of methoxy groups -OCH3 is 2. The summed E-state index contributed by atoms with van der Waals surface area (Å²) < 4.78 is 149. The summed E-state index contributed by atoms with van der Waals surface area (Å²) in [6.45, 7) is 15.3. The molecule has 0 saturated carbocycles. The number of hydrogen-bond donors (Lipinski definition) is 1. The quantitative estimate of drug-likeness (QED) is 0.0161. The van der Waals surface area contributed by atoms with E-state index >= 15 is 4.79 Å². The minimum atomic E-state index is -2.08. The molecule has 2 aromatic rings. The summed E-state index contributed by atoms with van der Waals surface area (Å²) in [6, 6.07) is 11.2. The molecule has 660 valence electrons. The third-order valence-electron chi connectivity index (χ3n) is 19.9. The molecule has 0 amide bonds. The van der Waals surface area contributed by atoms with Gasteiger partial charge in [0.15, 0.2) is 49.8 Å². The molecule has 0 aliphatic carbocycles. The van der Waals surface area contributed by atoms with Crippen LogP contribution in [-0.4, -0.2) is 275 Å². The summed E-state index contributed by atoms with van der Waals surface area (Å²) >= 11 is 0. The first-order chi connectivity index (χ1) is 57.2. The van der Waals surface area contributed by atoms with E-state index in [1.54, 1.807) is 36.4 Å². The Labute approximate surface area is 688 Å². The van der Waals surface area contributed by atoms with Gasteiger partial charge in [0.2, 0.25) is 0 Å². The molecule has 5 aliphatic rings. The van der Waals surface area contributed by atoms with Crippen LogP contribution in [0.1, 0.15) is 180 Å². The van der Waals surface area contributed by atoms with Gasteiger partial charge in [0.1, 0.15) is 117 Å². The lowest BCUT2D eigenvalue weighted by molar-refractivity contribution is -0.380. The number of carbonyl (C=O) groups excluding carboxylic acids is 7. The SMILES string of the molecule is CCCCOC(=O)C1O[C@@H](O[C@@H]2C(COC(C)=O)O[C@H](O[C@@H]3C(C(=O)OC)O[C@@H](O[C@@H]4C(COC(=O)c5ccccc5)O[C@H](OC)C(N=[N+]=[N-])[C@H]4OCCCC)C(OC(=O)c4ccccc4)C3OCCCC)C(N=[N+]=[N-])[C@H]2OC(C)=O)[C@@H](OCCCC)C(OCCCC)[C@@H]1O[C@H]1OC(COC(C)=O)[C@@H](OCCCC)[C@H](OCCCC)C1N=N. The number of rotatable bonds is 51. The first kappa shape index (κ1) is 97.4. The molecule has 7 rings (SSSR count). The van der Waals surface area contributed by atoms with Gasteiger partial charge in [-0.15, -0.1) is 0 Å². The minimum Gasteiger partial charge on any atom is -0.467 e. The molecule has 2 aromatic carbocycles. The number of carbonyl (C=O) groups is 7. The third kappa shape index (κ3) is 28.2. The lowest BCUT2D eigenvalue weighted by Crippen LogP contribution is -2.69. The Balaban J connectivity index is 1.39. The predicted molar refractivity (Wildman–Crippen MR) is 412 cm³/mol. The number of ether oxygens (including phenoxy) is 23. The molecule has 38 heteroatoms. The smallest absolute Gasteiger partial charge is 0.338 e. The van der Waals surface area contributed by atoms with E-state index in [1.165, 1.54) is 38.3 Å². The lowest BCUT2D eigenvalue weighted by atomic mass is 9.93. The van der Waals surface area contributed by atoms with E-state index in [1.807, 2.05) is 48.5 Å². The van der Waals surface area contributed by atoms with Crippen molar-refractivity contribution < 1.29 is 143 Å². The van der Waals surface area contributed by atoms with Gasteiger partial charge >= 0.3 is 41.8 Å². The van der Waals surface area contributed by atoms with Crippen LogP contribution in [0.15, 0.2) is 76.0 Å². The molecule has 5 fully saturated rings. The largest absolute Gasteiger partial charge is 0.467 e. The maximum atomic E-state index is 15.2. The molecule has 38 nitrogen and oxygen atoms in total. The van der Waals surface area contributed by atoms with E-state index in [0.717, 1.165) is 33.8 Å². The predicted octanol–water partition coefficient (Wildman–Crippen LogP) is 10.3. The van der Waals surface area contributed by atoms with Crippen LogP contribution in [0.25, 0.3) is 20.9 Å². The van der Waals surface area contributed by atoms with Crippen molar-refractivity contribution >= 4 is 41.8 Å². The Morgan fingerprint density at radius 1 is 0.373 bits per heavy atom. The van der Waals surface area contributed by atoms with Gasteiger partial charge in [-0.1, -0.05) is 140 Å². The first-order valence-corrected chi connectivity index (χ1v) is 41.0. The van der Waals surface area contributed by atoms with Crippen LogP contribution >= 0.6 is 0 Å². The highest BCUT2D eigenvalue weighted by Gasteiger charge is 2.62. The summed E-state index contributed by atoms with van der Waals surface area (Å²) in [5, 5.41) is 12.2. The van der Waals surface area contributed by atoms with Crippen LogP contribution in [0.4, 0.5) is 0 Å². The van der Waals surface area contributed by atoms with E-state index in [-0.39, 0.29) is 64.0 Å². The Hall–Kier alpha value is -7.69. The molecule has 118 heavy (non-hydrogen) atoms.